The van der Waals surface area contributed by atoms with Crippen LogP contribution in [0.3, 0.4) is 0 Å². The smallest absolute Gasteiger partial charge is 0.343 e. The molecule has 1 heterocycles. The van der Waals surface area contributed by atoms with Gasteiger partial charge in [-0.15, -0.1) is 0 Å². The van der Waals surface area contributed by atoms with Gasteiger partial charge in [0.15, 0.2) is 11.5 Å². The molecule has 0 saturated heterocycles. The summed E-state index contributed by atoms with van der Waals surface area (Å²) in [5.41, 5.74) is 3.09. The van der Waals surface area contributed by atoms with Crippen molar-refractivity contribution in [2.24, 2.45) is 0 Å². The van der Waals surface area contributed by atoms with E-state index in [4.69, 9.17) is 25.8 Å². The van der Waals surface area contributed by atoms with E-state index >= 15 is 0 Å². The van der Waals surface area contributed by atoms with Gasteiger partial charge in [0.25, 0.3) is 0 Å². The van der Waals surface area contributed by atoms with Crippen LogP contribution in [0.1, 0.15) is 16.7 Å². The standard InChI is InChI=1S/C25H18BrClO4/c1-29-24-13-17(4-11-22(24)30-15-16-2-7-20(26)8-3-16)12-19-14-23(31-25(19)28)18-5-9-21(27)10-6-18/h2-14H,15H2,1H3/b19-12+. The minimum Gasteiger partial charge on any atom is -0.493 e. The van der Waals surface area contributed by atoms with E-state index in [1.807, 2.05) is 54.6 Å². The van der Waals surface area contributed by atoms with Gasteiger partial charge in [-0.25, -0.2) is 4.79 Å². The number of halogens is 2. The zero-order valence-electron chi connectivity index (χ0n) is 16.6. The third-order valence-corrected chi connectivity index (χ3v) is 5.45. The van der Waals surface area contributed by atoms with Gasteiger partial charge in [0, 0.05) is 15.1 Å². The number of benzene rings is 3. The van der Waals surface area contributed by atoms with Gasteiger partial charge in [-0.05, 0) is 71.8 Å². The predicted octanol–water partition coefficient (Wildman–Crippen LogP) is 6.67. The van der Waals surface area contributed by atoms with Crippen molar-refractivity contribution in [2.45, 2.75) is 6.61 Å². The summed E-state index contributed by atoms with van der Waals surface area (Å²) in [6, 6.07) is 20.6. The Bertz CT molecular complexity index is 1170. The summed E-state index contributed by atoms with van der Waals surface area (Å²) in [6.07, 6.45) is 3.47. The molecule has 0 amide bonds. The first-order valence-corrected chi connectivity index (χ1v) is 10.7. The fraction of sp³-hybridized carbons (Fsp3) is 0.0800. The Morgan fingerprint density at radius 3 is 2.45 bits per heavy atom. The maximum atomic E-state index is 12.3. The normalized spacial score (nSPS) is 14.4. The molecule has 4 nitrogen and oxygen atoms in total. The van der Waals surface area contributed by atoms with E-state index in [2.05, 4.69) is 15.9 Å². The average Bonchev–Trinajstić information content (AvgIpc) is 3.14. The molecular weight excluding hydrogens is 480 g/mol. The molecule has 4 rings (SSSR count). The van der Waals surface area contributed by atoms with Crippen LogP contribution in [-0.2, 0) is 16.1 Å². The van der Waals surface area contributed by atoms with Crippen LogP contribution in [0.25, 0.3) is 11.8 Å². The molecule has 156 valence electrons. The van der Waals surface area contributed by atoms with Crippen molar-refractivity contribution < 1.29 is 19.0 Å². The van der Waals surface area contributed by atoms with Crippen LogP contribution < -0.4 is 9.47 Å². The van der Waals surface area contributed by atoms with Crippen LogP contribution >= 0.6 is 27.5 Å². The third-order valence-electron chi connectivity index (χ3n) is 4.67. The summed E-state index contributed by atoms with van der Waals surface area (Å²) < 4.78 is 17.8. The lowest BCUT2D eigenvalue weighted by molar-refractivity contribution is -0.130. The number of hydrogen-bond donors (Lipinski definition) is 0. The Morgan fingerprint density at radius 1 is 1.00 bits per heavy atom. The number of rotatable bonds is 6. The Hall–Kier alpha value is -3.02. The van der Waals surface area contributed by atoms with Gasteiger partial charge >= 0.3 is 5.97 Å². The van der Waals surface area contributed by atoms with E-state index < -0.39 is 5.97 Å². The van der Waals surface area contributed by atoms with E-state index in [0.717, 1.165) is 21.2 Å². The van der Waals surface area contributed by atoms with Gasteiger partial charge in [0.2, 0.25) is 0 Å². The summed E-state index contributed by atoms with van der Waals surface area (Å²) in [4.78, 5) is 12.3. The zero-order valence-corrected chi connectivity index (χ0v) is 18.9. The van der Waals surface area contributed by atoms with Crippen molar-refractivity contribution in [2.75, 3.05) is 7.11 Å². The van der Waals surface area contributed by atoms with Gasteiger partial charge in [-0.2, -0.15) is 0 Å². The van der Waals surface area contributed by atoms with E-state index in [1.165, 1.54) is 0 Å². The Morgan fingerprint density at radius 2 is 1.74 bits per heavy atom. The minimum absolute atomic E-state index is 0.403. The minimum atomic E-state index is -0.403. The van der Waals surface area contributed by atoms with Crippen LogP contribution in [0.15, 0.2) is 82.9 Å². The van der Waals surface area contributed by atoms with Crippen molar-refractivity contribution >= 4 is 45.3 Å². The number of hydrogen-bond acceptors (Lipinski definition) is 4. The molecule has 0 aromatic heterocycles. The highest BCUT2D eigenvalue weighted by Crippen LogP contribution is 2.32. The van der Waals surface area contributed by atoms with Crippen LogP contribution in [0.2, 0.25) is 5.02 Å². The molecule has 0 fully saturated rings. The molecule has 0 radical (unpaired) electrons. The molecule has 1 aliphatic heterocycles. The average molecular weight is 498 g/mol. The lowest BCUT2D eigenvalue weighted by Crippen LogP contribution is -1.99. The SMILES string of the molecule is COc1cc(/C=C2\C=C(c3ccc(Cl)cc3)OC2=O)ccc1OCc1ccc(Br)cc1. The lowest BCUT2D eigenvalue weighted by atomic mass is 10.1. The second-order valence-corrected chi connectivity index (χ2v) is 8.18. The molecule has 0 bridgehead atoms. The lowest BCUT2D eigenvalue weighted by Gasteiger charge is -2.11. The second-order valence-electron chi connectivity index (χ2n) is 6.83. The van der Waals surface area contributed by atoms with Crippen LogP contribution in [0.5, 0.6) is 11.5 Å². The van der Waals surface area contributed by atoms with Gasteiger partial charge in [-0.1, -0.05) is 45.7 Å². The van der Waals surface area contributed by atoms with E-state index in [0.29, 0.717) is 34.5 Å². The molecule has 0 spiro atoms. The van der Waals surface area contributed by atoms with Crippen molar-refractivity contribution in [1.29, 1.82) is 0 Å². The number of esters is 1. The maximum absolute atomic E-state index is 12.3. The van der Waals surface area contributed by atoms with Gasteiger partial charge in [0.05, 0.1) is 12.7 Å². The second kappa shape index (κ2) is 9.41. The number of carbonyl (C=O) groups is 1. The maximum Gasteiger partial charge on any atom is 0.343 e. The van der Waals surface area contributed by atoms with Crippen molar-refractivity contribution in [3.8, 4) is 11.5 Å². The Kier molecular flexibility index (Phi) is 6.44. The topological polar surface area (TPSA) is 44.8 Å². The largest absolute Gasteiger partial charge is 0.493 e. The molecule has 0 atom stereocenters. The number of cyclic esters (lactones) is 1. The van der Waals surface area contributed by atoms with Crippen molar-refractivity contribution in [3.63, 3.8) is 0 Å². The molecule has 0 unspecified atom stereocenters. The highest BCUT2D eigenvalue weighted by atomic mass is 79.9. The van der Waals surface area contributed by atoms with Crippen LogP contribution in [-0.4, -0.2) is 13.1 Å². The Labute approximate surface area is 193 Å². The summed E-state index contributed by atoms with van der Waals surface area (Å²) in [5.74, 6) is 1.30. The van der Waals surface area contributed by atoms with Crippen LogP contribution in [0.4, 0.5) is 0 Å². The quantitative estimate of drug-likeness (QED) is 0.282. The van der Waals surface area contributed by atoms with E-state index in [1.54, 1.807) is 31.4 Å². The summed E-state index contributed by atoms with van der Waals surface area (Å²) in [5, 5.41) is 0.624. The molecule has 0 saturated carbocycles. The number of ether oxygens (including phenoxy) is 3. The van der Waals surface area contributed by atoms with E-state index in [9.17, 15) is 4.79 Å². The molecule has 6 heteroatoms. The molecule has 31 heavy (non-hydrogen) atoms. The van der Waals surface area contributed by atoms with Gasteiger partial charge in [-0.3, -0.25) is 0 Å². The predicted molar refractivity (Wildman–Crippen MR) is 125 cm³/mol. The fourth-order valence-electron chi connectivity index (χ4n) is 3.06. The van der Waals surface area contributed by atoms with E-state index in [-0.39, 0.29) is 0 Å². The molecular formula is C25H18BrClO4. The molecule has 0 N–H and O–H groups in total. The summed E-state index contributed by atoms with van der Waals surface area (Å²) >= 11 is 9.35. The van der Waals surface area contributed by atoms with Crippen molar-refractivity contribution in [1.82, 2.24) is 0 Å². The number of methoxy groups -OCH3 is 1. The zero-order chi connectivity index (χ0) is 21.8. The van der Waals surface area contributed by atoms with Crippen molar-refractivity contribution in [3.05, 3.63) is 105 Å². The highest BCUT2D eigenvalue weighted by Gasteiger charge is 2.22. The first-order valence-electron chi connectivity index (χ1n) is 9.48. The molecule has 3 aromatic rings. The first-order chi connectivity index (χ1) is 15.0. The molecule has 0 aliphatic carbocycles. The van der Waals surface area contributed by atoms with Gasteiger partial charge in [0.1, 0.15) is 12.4 Å². The highest BCUT2D eigenvalue weighted by molar-refractivity contribution is 9.10. The monoisotopic (exact) mass is 496 g/mol. The number of carbonyl (C=O) groups excluding carboxylic acids is 1. The summed E-state index contributed by atoms with van der Waals surface area (Å²) in [7, 11) is 1.58. The van der Waals surface area contributed by atoms with Gasteiger partial charge < -0.3 is 14.2 Å². The molecule has 3 aromatic carbocycles. The van der Waals surface area contributed by atoms with Crippen LogP contribution in [0, 0.1) is 0 Å². The fourth-order valence-corrected chi connectivity index (χ4v) is 3.45. The summed E-state index contributed by atoms with van der Waals surface area (Å²) in [6.45, 7) is 0.420. The third kappa shape index (κ3) is 5.19. The first kappa shape index (κ1) is 21.2. The Balaban J connectivity index is 1.52. The molecule has 1 aliphatic rings.